The second-order valence-corrected chi connectivity index (χ2v) is 8.58. The lowest BCUT2D eigenvalue weighted by atomic mass is 10.1. The molecule has 160 valence electrons. The Bertz CT molecular complexity index is 1110. The van der Waals surface area contributed by atoms with Crippen molar-refractivity contribution in [1.29, 1.82) is 0 Å². The lowest BCUT2D eigenvalue weighted by molar-refractivity contribution is -0.384. The molecule has 0 spiro atoms. The first-order chi connectivity index (χ1) is 14.9. The predicted molar refractivity (Wildman–Crippen MR) is 118 cm³/mol. The van der Waals surface area contributed by atoms with Gasteiger partial charge in [-0.25, -0.2) is 0 Å². The molecule has 1 aromatic heterocycles. The van der Waals surface area contributed by atoms with Crippen LogP contribution >= 0.6 is 11.8 Å². The third-order valence-corrected chi connectivity index (χ3v) is 6.55. The van der Waals surface area contributed by atoms with Crippen LogP contribution in [0.15, 0.2) is 53.7 Å². The number of aryl methyl sites for hydroxylation is 1. The molecule has 0 radical (unpaired) electrons. The van der Waals surface area contributed by atoms with Crippen molar-refractivity contribution in [1.82, 2.24) is 19.7 Å². The van der Waals surface area contributed by atoms with Crippen LogP contribution in [0.3, 0.4) is 0 Å². The number of carbonyl (C=O) groups is 1. The first-order valence-corrected chi connectivity index (χ1v) is 11.1. The minimum Gasteiger partial charge on any atom is -0.328 e. The van der Waals surface area contributed by atoms with Gasteiger partial charge in [0.15, 0.2) is 11.0 Å². The molecule has 9 heteroatoms. The Morgan fingerprint density at radius 3 is 2.71 bits per heavy atom. The zero-order valence-electron chi connectivity index (χ0n) is 17.4. The lowest BCUT2D eigenvalue weighted by Gasteiger charge is -2.24. The quantitative estimate of drug-likeness (QED) is 0.324. The predicted octanol–water partition coefficient (Wildman–Crippen LogP) is 4.30. The van der Waals surface area contributed by atoms with Gasteiger partial charge in [0, 0.05) is 37.0 Å². The van der Waals surface area contributed by atoms with Crippen LogP contribution in [0.1, 0.15) is 46.2 Å². The van der Waals surface area contributed by atoms with Gasteiger partial charge in [-0.15, -0.1) is 10.2 Å². The fourth-order valence-electron chi connectivity index (χ4n) is 3.83. The number of hydrogen-bond acceptors (Lipinski definition) is 6. The average Bonchev–Trinajstić information content (AvgIpc) is 3.38. The maximum atomic E-state index is 13.1. The number of hydrogen-bond donors (Lipinski definition) is 0. The SMILES string of the molecule is Cc1cccc(C(=O)N2CCCC2c2nnc(SCc3ccc([N+](=O)[O-])cc3)n2C)c1. The molecule has 2 aromatic carbocycles. The number of carbonyl (C=O) groups excluding carboxylic acids is 1. The molecule has 1 saturated heterocycles. The largest absolute Gasteiger partial charge is 0.328 e. The molecule has 0 N–H and O–H groups in total. The summed E-state index contributed by atoms with van der Waals surface area (Å²) in [5, 5.41) is 20.3. The smallest absolute Gasteiger partial charge is 0.269 e. The van der Waals surface area contributed by atoms with E-state index in [1.807, 2.05) is 47.7 Å². The third-order valence-electron chi connectivity index (χ3n) is 5.46. The lowest BCUT2D eigenvalue weighted by Crippen LogP contribution is -2.32. The number of non-ortho nitro benzene ring substituents is 1. The van der Waals surface area contributed by atoms with Crippen LogP contribution in [0.5, 0.6) is 0 Å². The topological polar surface area (TPSA) is 94.2 Å². The first-order valence-electron chi connectivity index (χ1n) is 10.1. The number of nitrogens with zero attached hydrogens (tertiary/aromatic N) is 5. The van der Waals surface area contributed by atoms with E-state index in [1.165, 1.54) is 23.9 Å². The standard InChI is InChI=1S/C22H23N5O3S/c1-15-5-3-6-17(13-15)21(28)26-12-4-7-19(26)20-23-24-22(25(20)2)31-14-16-8-10-18(11-9-16)27(29)30/h3,5-6,8-11,13,19H,4,7,12,14H2,1-2H3. The van der Waals surface area contributed by atoms with E-state index in [0.29, 0.717) is 17.9 Å². The summed E-state index contributed by atoms with van der Waals surface area (Å²) in [6, 6.07) is 14.1. The molecular weight excluding hydrogens is 414 g/mol. The summed E-state index contributed by atoms with van der Waals surface area (Å²) < 4.78 is 1.95. The average molecular weight is 438 g/mol. The molecule has 8 nitrogen and oxygen atoms in total. The van der Waals surface area contributed by atoms with Crippen molar-refractivity contribution in [3.63, 3.8) is 0 Å². The van der Waals surface area contributed by atoms with Crippen molar-refractivity contribution in [2.24, 2.45) is 7.05 Å². The number of rotatable bonds is 6. The van der Waals surface area contributed by atoms with Crippen molar-refractivity contribution in [3.8, 4) is 0 Å². The van der Waals surface area contributed by atoms with E-state index in [9.17, 15) is 14.9 Å². The Morgan fingerprint density at radius 2 is 2.00 bits per heavy atom. The minimum atomic E-state index is -0.405. The molecule has 1 amide bonds. The van der Waals surface area contributed by atoms with E-state index in [2.05, 4.69) is 10.2 Å². The Balaban J connectivity index is 1.47. The molecular formula is C22H23N5O3S. The van der Waals surface area contributed by atoms with Gasteiger partial charge in [0.2, 0.25) is 0 Å². The van der Waals surface area contributed by atoms with Crippen LogP contribution in [0.25, 0.3) is 0 Å². The number of amides is 1. The molecule has 0 saturated carbocycles. The Labute approximate surface area is 184 Å². The van der Waals surface area contributed by atoms with Gasteiger partial charge >= 0.3 is 0 Å². The Kier molecular flexibility index (Phi) is 6.03. The van der Waals surface area contributed by atoms with Gasteiger partial charge in [-0.3, -0.25) is 14.9 Å². The van der Waals surface area contributed by atoms with Crippen LogP contribution in [0, 0.1) is 17.0 Å². The van der Waals surface area contributed by atoms with Crippen molar-refractivity contribution in [2.75, 3.05) is 6.54 Å². The summed E-state index contributed by atoms with van der Waals surface area (Å²) in [4.78, 5) is 25.4. The van der Waals surface area contributed by atoms with Gasteiger partial charge in [0.05, 0.1) is 11.0 Å². The normalized spacial score (nSPS) is 15.9. The summed E-state index contributed by atoms with van der Waals surface area (Å²) >= 11 is 1.52. The zero-order chi connectivity index (χ0) is 22.0. The summed E-state index contributed by atoms with van der Waals surface area (Å²) in [7, 11) is 1.92. The molecule has 0 bridgehead atoms. The maximum absolute atomic E-state index is 13.1. The zero-order valence-corrected chi connectivity index (χ0v) is 18.2. The number of nitro benzene ring substituents is 1. The summed E-state index contributed by atoms with van der Waals surface area (Å²) in [5.74, 6) is 1.43. The summed E-state index contributed by atoms with van der Waals surface area (Å²) in [6.07, 6.45) is 1.79. The highest BCUT2D eigenvalue weighted by Crippen LogP contribution is 2.34. The second-order valence-electron chi connectivity index (χ2n) is 7.64. The fraction of sp³-hybridized carbons (Fsp3) is 0.318. The Hall–Kier alpha value is -3.20. The molecule has 1 fully saturated rings. The molecule has 31 heavy (non-hydrogen) atoms. The van der Waals surface area contributed by atoms with Crippen LogP contribution in [-0.2, 0) is 12.8 Å². The van der Waals surface area contributed by atoms with Gasteiger partial charge in [-0.05, 0) is 37.5 Å². The molecule has 3 aromatic rings. The van der Waals surface area contributed by atoms with Crippen LogP contribution in [-0.4, -0.2) is 37.0 Å². The first kappa shape index (κ1) is 21.0. The number of benzene rings is 2. The van der Waals surface area contributed by atoms with Gasteiger partial charge < -0.3 is 9.47 Å². The molecule has 1 unspecified atom stereocenters. The highest BCUT2D eigenvalue weighted by molar-refractivity contribution is 7.98. The summed E-state index contributed by atoms with van der Waals surface area (Å²) in [5.41, 5.74) is 2.80. The van der Waals surface area contributed by atoms with Crippen LogP contribution in [0.2, 0.25) is 0 Å². The molecule has 1 atom stereocenters. The van der Waals surface area contributed by atoms with E-state index < -0.39 is 4.92 Å². The van der Waals surface area contributed by atoms with Crippen molar-refractivity contribution in [2.45, 2.75) is 36.7 Å². The van der Waals surface area contributed by atoms with Crippen LogP contribution in [0.4, 0.5) is 5.69 Å². The van der Waals surface area contributed by atoms with Gasteiger partial charge in [0.25, 0.3) is 11.6 Å². The van der Waals surface area contributed by atoms with Crippen LogP contribution < -0.4 is 0 Å². The molecule has 2 heterocycles. The second kappa shape index (κ2) is 8.89. The van der Waals surface area contributed by atoms with Crippen molar-refractivity contribution < 1.29 is 9.72 Å². The molecule has 4 rings (SSSR count). The van der Waals surface area contributed by atoms with Crippen molar-refractivity contribution >= 4 is 23.4 Å². The van der Waals surface area contributed by atoms with E-state index in [1.54, 1.807) is 12.1 Å². The monoisotopic (exact) mass is 437 g/mol. The highest BCUT2D eigenvalue weighted by Gasteiger charge is 2.34. The van der Waals surface area contributed by atoms with Gasteiger partial charge in [-0.1, -0.05) is 41.6 Å². The maximum Gasteiger partial charge on any atom is 0.269 e. The van der Waals surface area contributed by atoms with Gasteiger partial charge in [0.1, 0.15) is 0 Å². The summed E-state index contributed by atoms with van der Waals surface area (Å²) in [6.45, 7) is 2.69. The third kappa shape index (κ3) is 4.46. The van der Waals surface area contributed by atoms with Gasteiger partial charge in [-0.2, -0.15) is 0 Å². The van der Waals surface area contributed by atoms with Crippen molar-refractivity contribution in [3.05, 3.63) is 81.2 Å². The fourth-order valence-corrected chi connectivity index (χ4v) is 4.70. The molecule has 0 aliphatic carbocycles. The molecule has 1 aliphatic heterocycles. The number of nitro groups is 1. The molecule has 1 aliphatic rings. The number of thioether (sulfide) groups is 1. The Morgan fingerprint density at radius 1 is 1.23 bits per heavy atom. The number of aromatic nitrogens is 3. The van der Waals surface area contributed by atoms with E-state index in [4.69, 9.17) is 0 Å². The minimum absolute atomic E-state index is 0.0225. The highest BCUT2D eigenvalue weighted by atomic mass is 32.2. The van der Waals surface area contributed by atoms with E-state index in [-0.39, 0.29) is 17.6 Å². The number of likely N-dealkylation sites (tertiary alicyclic amines) is 1. The van der Waals surface area contributed by atoms with E-state index >= 15 is 0 Å². The van der Waals surface area contributed by atoms with E-state index in [0.717, 1.165) is 34.9 Å².